The summed E-state index contributed by atoms with van der Waals surface area (Å²) in [6, 6.07) is 18.1. The smallest absolute Gasteiger partial charge is 0.0924 e. The number of nitrogens with one attached hydrogen (secondary N) is 1. The van der Waals surface area contributed by atoms with Crippen LogP contribution >= 0.6 is 0 Å². The molecule has 0 amide bonds. The van der Waals surface area contributed by atoms with Gasteiger partial charge in [-0.25, -0.2) is 4.98 Å². The number of aromatic amines is 1. The molecule has 1 heterocycles. The summed E-state index contributed by atoms with van der Waals surface area (Å²) in [6.45, 7) is 0. The zero-order valence-electron chi connectivity index (χ0n) is 10.3. The van der Waals surface area contributed by atoms with Gasteiger partial charge in [-0.2, -0.15) is 0 Å². The van der Waals surface area contributed by atoms with Gasteiger partial charge in [0.2, 0.25) is 0 Å². The van der Waals surface area contributed by atoms with E-state index in [1.165, 1.54) is 0 Å². The molecule has 3 aromatic rings. The van der Waals surface area contributed by atoms with E-state index < -0.39 is 0 Å². The summed E-state index contributed by atoms with van der Waals surface area (Å²) in [4.78, 5) is 11.7. The summed E-state index contributed by atoms with van der Waals surface area (Å²) >= 11 is 0. The standard InChI is InChI=1S/C16H13N3/c1-2-6-13(7-3-1)10-18-15-9-5-4-8-14(15)16-11-17-12-19-16/h1-12H,(H,17,19). The van der Waals surface area contributed by atoms with Gasteiger partial charge in [-0.05, 0) is 11.6 Å². The Kier molecular flexibility index (Phi) is 3.19. The maximum atomic E-state index is 4.56. The summed E-state index contributed by atoms with van der Waals surface area (Å²) in [6.07, 6.45) is 5.35. The van der Waals surface area contributed by atoms with E-state index in [0.29, 0.717) is 0 Å². The minimum atomic E-state index is 0.926. The van der Waals surface area contributed by atoms with Crippen LogP contribution in [0.25, 0.3) is 11.3 Å². The third-order valence-corrected chi connectivity index (χ3v) is 2.84. The number of hydrogen-bond acceptors (Lipinski definition) is 2. The van der Waals surface area contributed by atoms with E-state index in [9.17, 15) is 0 Å². The second kappa shape index (κ2) is 5.31. The molecule has 0 atom stereocenters. The molecule has 0 unspecified atom stereocenters. The van der Waals surface area contributed by atoms with Gasteiger partial charge in [0.15, 0.2) is 0 Å². The molecule has 0 aliphatic heterocycles. The predicted molar refractivity (Wildman–Crippen MR) is 77.7 cm³/mol. The van der Waals surface area contributed by atoms with Crippen LogP contribution in [0.15, 0.2) is 72.1 Å². The van der Waals surface area contributed by atoms with E-state index >= 15 is 0 Å². The average molecular weight is 247 g/mol. The first kappa shape index (κ1) is 11.4. The van der Waals surface area contributed by atoms with Gasteiger partial charge in [-0.3, -0.25) is 4.99 Å². The second-order valence-corrected chi connectivity index (χ2v) is 4.15. The molecule has 0 bridgehead atoms. The SMILES string of the molecule is C(=Nc1ccccc1-c1cnc[nH]1)c1ccccc1. The van der Waals surface area contributed by atoms with Gasteiger partial charge in [0.25, 0.3) is 0 Å². The highest BCUT2D eigenvalue weighted by atomic mass is 14.9. The van der Waals surface area contributed by atoms with Crippen LogP contribution in [0.1, 0.15) is 5.56 Å². The monoisotopic (exact) mass is 247 g/mol. The third kappa shape index (κ3) is 2.60. The van der Waals surface area contributed by atoms with Crippen LogP contribution in [0.2, 0.25) is 0 Å². The van der Waals surface area contributed by atoms with Crippen molar-refractivity contribution >= 4 is 11.9 Å². The quantitative estimate of drug-likeness (QED) is 0.702. The first-order valence-electron chi connectivity index (χ1n) is 6.10. The van der Waals surface area contributed by atoms with Crippen molar-refractivity contribution in [3.8, 4) is 11.3 Å². The van der Waals surface area contributed by atoms with Crippen LogP contribution in [-0.2, 0) is 0 Å². The van der Waals surface area contributed by atoms with Crippen LogP contribution in [0.3, 0.4) is 0 Å². The van der Waals surface area contributed by atoms with Crippen LogP contribution in [-0.4, -0.2) is 16.2 Å². The average Bonchev–Trinajstić information content (AvgIpc) is 3.01. The lowest BCUT2D eigenvalue weighted by atomic mass is 10.1. The molecule has 3 heteroatoms. The molecule has 19 heavy (non-hydrogen) atoms. The van der Waals surface area contributed by atoms with Gasteiger partial charge in [-0.1, -0.05) is 48.5 Å². The first-order valence-corrected chi connectivity index (χ1v) is 6.10. The first-order chi connectivity index (χ1) is 9.43. The summed E-state index contributed by atoms with van der Waals surface area (Å²) in [7, 11) is 0. The van der Waals surface area contributed by atoms with Crippen molar-refractivity contribution < 1.29 is 0 Å². The Morgan fingerprint density at radius 2 is 1.74 bits per heavy atom. The van der Waals surface area contributed by atoms with E-state index in [1.807, 2.05) is 60.8 Å². The van der Waals surface area contributed by atoms with Crippen LogP contribution < -0.4 is 0 Å². The summed E-state index contributed by atoms with van der Waals surface area (Å²) in [5.41, 5.74) is 4.03. The highest BCUT2D eigenvalue weighted by Gasteiger charge is 2.03. The molecule has 1 N–H and O–H groups in total. The molecule has 3 nitrogen and oxygen atoms in total. The number of para-hydroxylation sites is 1. The zero-order chi connectivity index (χ0) is 12.9. The highest BCUT2D eigenvalue weighted by Crippen LogP contribution is 2.27. The van der Waals surface area contributed by atoms with Gasteiger partial charge >= 0.3 is 0 Å². The molecule has 0 aliphatic carbocycles. The molecule has 0 aliphatic rings. The van der Waals surface area contributed by atoms with Gasteiger partial charge in [0.05, 0.1) is 23.9 Å². The topological polar surface area (TPSA) is 41.0 Å². The van der Waals surface area contributed by atoms with Crippen molar-refractivity contribution in [2.75, 3.05) is 0 Å². The van der Waals surface area contributed by atoms with Crippen LogP contribution in [0.5, 0.6) is 0 Å². The molecule has 2 aromatic carbocycles. The number of nitrogens with zero attached hydrogens (tertiary/aromatic N) is 2. The van der Waals surface area contributed by atoms with Gasteiger partial charge < -0.3 is 4.98 Å². The highest BCUT2D eigenvalue weighted by molar-refractivity contribution is 5.85. The van der Waals surface area contributed by atoms with Crippen molar-refractivity contribution in [3.63, 3.8) is 0 Å². The second-order valence-electron chi connectivity index (χ2n) is 4.15. The minimum Gasteiger partial charge on any atom is -0.345 e. The summed E-state index contributed by atoms with van der Waals surface area (Å²) in [5, 5.41) is 0. The Morgan fingerprint density at radius 3 is 2.53 bits per heavy atom. The number of H-pyrrole nitrogens is 1. The Labute approximate surface area is 111 Å². The Bertz CT molecular complexity index is 670. The third-order valence-electron chi connectivity index (χ3n) is 2.84. The van der Waals surface area contributed by atoms with Gasteiger partial charge in [0, 0.05) is 11.8 Å². The molecule has 1 aromatic heterocycles. The molecule has 0 saturated carbocycles. The van der Waals surface area contributed by atoms with E-state index in [4.69, 9.17) is 0 Å². The van der Waals surface area contributed by atoms with Crippen molar-refractivity contribution in [1.82, 2.24) is 9.97 Å². The Morgan fingerprint density at radius 1 is 0.947 bits per heavy atom. The van der Waals surface area contributed by atoms with Crippen LogP contribution in [0.4, 0.5) is 5.69 Å². The fourth-order valence-corrected chi connectivity index (χ4v) is 1.90. The number of aromatic nitrogens is 2. The molecule has 3 rings (SSSR count). The number of rotatable bonds is 3. The normalized spacial score (nSPS) is 10.9. The number of aliphatic imine (C=N–C) groups is 1. The van der Waals surface area contributed by atoms with Gasteiger partial charge in [0.1, 0.15) is 0 Å². The molecule has 0 saturated heterocycles. The summed E-state index contributed by atoms with van der Waals surface area (Å²) in [5.74, 6) is 0. The van der Waals surface area contributed by atoms with E-state index in [1.54, 1.807) is 12.5 Å². The van der Waals surface area contributed by atoms with Crippen molar-refractivity contribution in [2.45, 2.75) is 0 Å². The zero-order valence-corrected chi connectivity index (χ0v) is 10.3. The molecular formula is C16H13N3. The lowest BCUT2D eigenvalue weighted by molar-refractivity contribution is 1.31. The molecule has 0 spiro atoms. The van der Waals surface area contributed by atoms with Crippen molar-refractivity contribution in [1.29, 1.82) is 0 Å². The fraction of sp³-hybridized carbons (Fsp3) is 0. The van der Waals surface area contributed by atoms with Crippen LogP contribution in [0, 0.1) is 0 Å². The fourth-order valence-electron chi connectivity index (χ4n) is 1.90. The lowest BCUT2D eigenvalue weighted by Crippen LogP contribution is -1.81. The molecule has 92 valence electrons. The number of hydrogen-bond donors (Lipinski definition) is 1. The lowest BCUT2D eigenvalue weighted by Gasteiger charge is -2.02. The number of benzene rings is 2. The predicted octanol–water partition coefficient (Wildman–Crippen LogP) is 3.83. The molecular weight excluding hydrogens is 234 g/mol. The van der Waals surface area contributed by atoms with E-state index in [2.05, 4.69) is 15.0 Å². The van der Waals surface area contributed by atoms with Gasteiger partial charge in [-0.15, -0.1) is 0 Å². The Hall–Kier alpha value is -2.68. The maximum absolute atomic E-state index is 4.56. The largest absolute Gasteiger partial charge is 0.345 e. The van der Waals surface area contributed by atoms with E-state index in [-0.39, 0.29) is 0 Å². The molecule has 0 radical (unpaired) electrons. The maximum Gasteiger partial charge on any atom is 0.0924 e. The molecule has 0 fully saturated rings. The van der Waals surface area contributed by atoms with Crippen molar-refractivity contribution in [3.05, 3.63) is 72.7 Å². The number of imidazole rings is 1. The van der Waals surface area contributed by atoms with Crippen molar-refractivity contribution in [2.24, 2.45) is 4.99 Å². The van der Waals surface area contributed by atoms with E-state index in [0.717, 1.165) is 22.5 Å². The minimum absolute atomic E-state index is 0.926. The Balaban J connectivity index is 1.96. The summed E-state index contributed by atoms with van der Waals surface area (Å²) < 4.78 is 0.